The Bertz CT molecular complexity index is 251. The van der Waals surface area contributed by atoms with E-state index in [1.54, 1.807) is 4.90 Å². The van der Waals surface area contributed by atoms with Gasteiger partial charge >= 0.3 is 0 Å². The number of hydrogen-bond acceptors (Lipinski definition) is 2. The van der Waals surface area contributed by atoms with E-state index in [1.165, 1.54) is 25.7 Å². The van der Waals surface area contributed by atoms with Crippen LogP contribution in [0, 0.1) is 5.41 Å². The lowest BCUT2D eigenvalue weighted by molar-refractivity contribution is -0.130. The first-order valence-electron chi connectivity index (χ1n) is 6.81. The summed E-state index contributed by atoms with van der Waals surface area (Å²) in [5.74, 6) is 0.199. The summed E-state index contributed by atoms with van der Waals surface area (Å²) in [6, 6.07) is 0.821. The van der Waals surface area contributed by atoms with Crippen LogP contribution in [0.4, 0.5) is 0 Å². The highest BCUT2D eigenvalue weighted by Crippen LogP contribution is 2.34. The van der Waals surface area contributed by atoms with Crippen molar-refractivity contribution in [3.8, 4) is 0 Å². The molecule has 0 aromatic rings. The average Bonchev–Trinajstić information content (AvgIpc) is 2.26. The Labute approximate surface area is 106 Å². The van der Waals surface area contributed by atoms with Crippen molar-refractivity contribution in [2.24, 2.45) is 5.41 Å². The maximum absolute atomic E-state index is 11.8. The normalized spacial score (nSPS) is 20.6. The molecule has 1 saturated carbocycles. The number of carbonyl (C=O) groups is 1. The zero-order valence-corrected chi connectivity index (χ0v) is 12.0. The third kappa shape index (κ3) is 4.66. The van der Waals surface area contributed by atoms with Crippen molar-refractivity contribution in [2.45, 2.75) is 65.5 Å². The summed E-state index contributed by atoms with van der Waals surface area (Å²) in [7, 11) is 1.87. The largest absolute Gasteiger partial charge is 0.342 e. The third-order valence-electron chi connectivity index (χ3n) is 4.05. The number of likely N-dealkylation sites (N-methyl/N-ethyl adjacent to an activating group) is 1. The summed E-state index contributed by atoms with van der Waals surface area (Å²) in [6.45, 7) is 9.24. The van der Waals surface area contributed by atoms with E-state index in [-0.39, 0.29) is 11.9 Å². The molecule has 1 aliphatic carbocycles. The summed E-state index contributed by atoms with van der Waals surface area (Å²) in [5, 5.41) is 3.40. The summed E-state index contributed by atoms with van der Waals surface area (Å²) < 4.78 is 0. The molecule has 1 rings (SSSR count). The smallest absolute Gasteiger partial charge is 0.236 e. The van der Waals surface area contributed by atoms with Gasteiger partial charge in [0.25, 0.3) is 0 Å². The average molecular weight is 240 g/mol. The van der Waals surface area contributed by atoms with Crippen LogP contribution in [0.5, 0.6) is 0 Å². The second-order valence-corrected chi connectivity index (χ2v) is 6.42. The Hall–Kier alpha value is -0.570. The van der Waals surface area contributed by atoms with Crippen molar-refractivity contribution in [1.29, 1.82) is 0 Å². The van der Waals surface area contributed by atoms with Gasteiger partial charge in [-0.2, -0.15) is 0 Å². The molecule has 100 valence electrons. The molecule has 0 unspecified atom stereocenters. The Morgan fingerprint density at radius 3 is 2.35 bits per heavy atom. The van der Waals surface area contributed by atoms with Gasteiger partial charge in [0.2, 0.25) is 5.91 Å². The van der Waals surface area contributed by atoms with Gasteiger partial charge < -0.3 is 10.2 Å². The SMILES string of the molecule is CC(C)N(C)C(=O)CNC1CCC(C)(C)CC1. The van der Waals surface area contributed by atoms with Crippen LogP contribution >= 0.6 is 0 Å². The highest BCUT2D eigenvalue weighted by Gasteiger charge is 2.26. The molecule has 0 aromatic carbocycles. The lowest BCUT2D eigenvalue weighted by Crippen LogP contribution is -2.44. The number of nitrogens with zero attached hydrogens (tertiary/aromatic N) is 1. The van der Waals surface area contributed by atoms with Gasteiger partial charge in [-0.1, -0.05) is 13.8 Å². The second kappa shape index (κ2) is 5.85. The Kier molecular flexibility index (Phi) is 4.99. The first kappa shape index (κ1) is 14.5. The number of carbonyl (C=O) groups excluding carboxylic acids is 1. The number of amides is 1. The maximum Gasteiger partial charge on any atom is 0.236 e. The van der Waals surface area contributed by atoms with Gasteiger partial charge in [-0.05, 0) is 44.9 Å². The molecule has 17 heavy (non-hydrogen) atoms. The highest BCUT2D eigenvalue weighted by atomic mass is 16.2. The van der Waals surface area contributed by atoms with E-state index in [2.05, 4.69) is 19.2 Å². The fourth-order valence-corrected chi connectivity index (χ4v) is 2.25. The Morgan fingerprint density at radius 2 is 1.88 bits per heavy atom. The van der Waals surface area contributed by atoms with Crippen molar-refractivity contribution < 1.29 is 4.79 Å². The molecule has 0 bridgehead atoms. The zero-order chi connectivity index (χ0) is 13.1. The van der Waals surface area contributed by atoms with Crippen LogP contribution in [0.15, 0.2) is 0 Å². The number of hydrogen-bond donors (Lipinski definition) is 1. The Morgan fingerprint density at radius 1 is 1.35 bits per heavy atom. The summed E-state index contributed by atoms with van der Waals surface area (Å²) >= 11 is 0. The quantitative estimate of drug-likeness (QED) is 0.818. The Balaban J connectivity index is 2.26. The number of rotatable bonds is 4. The standard InChI is InChI=1S/C14H28N2O/c1-11(2)16(5)13(17)10-15-12-6-8-14(3,4)9-7-12/h11-12,15H,6-10H2,1-5H3. The van der Waals surface area contributed by atoms with Crippen LogP contribution in [0.3, 0.4) is 0 Å². The minimum Gasteiger partial charge on any atom is -0.342 e. The molecule has 0 atom stereocenters. The molecule has 0 aliphatic heterocycles. The lowest BCUT2D eigenvalue weighted by Gasteiger charge is -2.35. The molecular weight excluding hydrogens is 212 g/mol. The third-order valence-corrected chi connectivity index (χ3v) is 4.05. The highest BCUT2D eigenvalue weighted by molar-refractivity contribution is 5.78. The molecule has 0 saturated heterocycles. The van der Waals surface area contributed by atoms with E-state index in [4.69, 9.17) is 0 Å². The van der Waals surface area contributed by atoms with Crippen LogP contribution in [0.1, 0.15) is 53.4 Å². The van der Waals surface area contributed by atoms with E-state index in [9.17, 15) is 4.79 Å². The summed E-state index contributed by atoms with van der Waals surface area (Å²) in [4.78, 5) is 13.6. The molecule has 1 aliphatic rings. The molecule has 1 amide bonds. The minimum atomic E-state index is 0.199. The summed E-state index contributed by atoms with van der Waals surface area (Å²) in [6.07, 6.45) is 4.93. The van der Waals surface area contributed by atoms with Crippen molar-refractivity contribution in [1.82, 2.24) is 10.2 Å². The number of nitrogens with one attached hydrogen (secondary N) is 1. The minimum absolute atomic E-state index is 0.199. The zero-order valence-electron chi connectivity index (χ0n) is 12.0. The van der Waals surface area contributed by atoms with Gasteiger partial charge in [-0.15, -0.1) is 0 Å². The molecular formula is C14H28N2O. The second-order valence-electron chi connectivity index (χ2n) is 6.42. The van der Waals surface area contributed by atoms with Crippen LogP contribution < -0.4 is 5.32 Å². The monoisotopic (exact) mass is 240 g/mol. The van der Waals surface area contributed by atoms with Crippen molar-refractivity contribution >= 4 is 5.91 Å². The molecule has 1 N–H and O–H groups in total. The lowest BCUT2D eigenvalue weighted by atomic mass is 9.75. The molecule has 0 radical (unpaired) electrons. The van der Waals surface area contributed by atoms with E-state index in [1.807, 2.05) is 20.9 Å². The van der Waals surface area contributed by atoms with Gasteiger partial charge in [-0.25, -0.2) is 0 Å². The maximum atomic E-state index is 11.8. The molecule has 1 fully saturated rings. The van der Waals surface area contributed by atoms with E-state index in [0.717, 1.165) is 0 Å². The predicted molar refractivity (Wildman–Crippen MR) is 71.9 cm³/mol. The van der Waals surface area contributed by atoms with Gasteiger partial charge in [-0.3, -0.25) is 4.79 Å². The van der Waals surface area contributed by atoms with Crippen molar-refractivity contribution in [2.75, 3.05) is 13.6 Å². The van der Waals surface area contributed by atoms with E-state index in [0.29, 0.717) is 18.0 Å². The van der Waals surface area contributed by atoms with E-state index >= 15 is 0 Å². The predicted octanol–water partition coefficient (Wildman–Crippen LogP) is 2.41. The van der Waals surface area contributed by atoms with Crippen LogP contribution in [-0.2, 0) is 4.79 Å². The molecule has 0 spiro atoms. The fourth-order valence-electron chi connectivity index (χ4n) is 2.25. The van der Waals surface area contributed by atoms with E-state index < -0.39 is 0 Å². The molecule has 3 nitrogen and oxygen atoms in total. The molecule has 0 aromatic heterocycles. The first-order chi connectivity index (χ1) is 7.82. The first-order valence-corrected chi connectivity index (χ1v) is 6.81. The summed E-state index contributed by atoms with van der Waals surface area (Å²) in [5.41, 5.74) is 0.497. The molecule has 3 heteroatoms. The van der Waals surface area contributed by atoms with Gasteiger partial charge in [0, 0.05) is 19.1 Å². The van der Waals surface area contributed by atoms with Crippen LogP contribution in [0.25, 0.3) is 0 Å². The molecule has 0 heterocycles. The van der Waals surface area contributed by atoms with Crippen molar-refractivity contribution in [3.05, 3.63) is 0 Å². The fraction of sp³-hybridized carbons (Fsp3) is 0.929. The van der Waals surface area contributed by atoms with Gasteiger partial charge in [0.05, 0.1) is 6.54 Å². The topological polar surface area (TPSA) is 32.3 Å². The van der Waals surface area contributed by atoms with Gasteiger partial charge in [0.1, 0.15) is 0 Å². The van der Waals surface area contributed by atoms with Gasteiger partial charge in [0.15, 0.2) is 0 Å². The van der Waals surface area contributed by atoms with Crippen LogP contribution in [0.2, 0.25) is 0 Å². The van der Waals surface area contributed by atoms with Crippen molar-refractivity contribution in [3.63, 3.8) is 0 Å². The van der Waals surface area contributed by atoms with Crippen LogP contribution in [-0.4, -0.2) is 36.5 Å².